The van der Waals surface area contributed by atoms with Gasteiger partial charge < -0.3 is 10.1 Å². The first-order chi connectivity index (χ1) is 8.24. The van der Waals surface area contributed by atoms with Crippen molar-refractivity contribution in [3.8, 4) is 0 Å². The Kier molecular flexibility index (Phi) is 4.40. The molecule has 0 spiro atoms. The molecule has 0 aromatic carbocycles. The molecular formula is C13H24N2O2. The second kappa shape index (κ2) is 5.83. The number of hydrogen-bond donors (Lipinski definition) is 1. The van der Waals surface area contributed by atoms with Crippen LogP contribution in [0.3, 0.4) is 0 Å². The summed E-state index contributed by atoms with van der Waals surface area (Å²) < 4.78 is 5.12. The van der Waals surface area contributed by atoms with Crippen LogP contribution in [0.25, 0.3) is 0 Å². The van der Waals surface area contributed by atoms with Crippen LogP contribution < -0.4 is 5.32 Å². The second-order valence-electron chi connectivity index (χ2n) is 5.15. The summed E-state index contributed by atoms with van der Waals surface area (Å²) in [6.45, 7) is 7.15. The lowest BCUT2D eigenvalue weighted by Crippen LogP contribution is -2.48. The van der Waals surface area contributed by atoms with Crippen LogP contribution in [0.4, 0.5) is 0 Å². The Labute approximate surface area is 104 Å². The van der Waals surface area contributed by atoms with Crippen molar-refractivity contribution in [3.63, 3.8) is 0 Å². The van der Waals surface area contributed by atoms with Gasteiger partial charge in [0.1, 0.15) is 6.04 Å². The molecule has 3 unspecified atom stereocenters. The van der Waals surface area contributed by atoms with Gasteiger partial charge >= 0.3 is 5.97 Å². The van der Waals surface area contributed by atoms with Gasteiger partial charge in [0.2, 0.25) is 0 Å². The number of likely N-dealkylation sites (N-methyl/N-ethyl adjacent to an activating group) is 1. The van der Waals surface area contributed by atoms with E-state index >= 15 is 0 Å². The molecule has 1 saturated carbocycles. The average Bonchev–Trinajstić information content (AvgIpc) is 2.90. The van der Waals surface area contributed by atoms with Crippen LogP contribution in [0.5, 0.6) is 0 Å². The number of nitrogens with one attached hydrogen (secondary N) is 1. The molecule has 1 N–H and O–H groups in total. The van der Waals surface area contributed by atoms with Crippen LogP contribution in [0.2, 0.25) is 0 Å². The molecule has 1 heterocycles. The maximum Gasteiger partial charge on any atom is 0.324 e. The van der Waals surface area contributed by atoms with Gasteiger partial charge in [-0.15, -0.1) is 0 Å². The number of fused-ring (bicyclic) bond motifs is 2. The Morgan fingerprint density at radius 1 is 1.47 bits per heavy atom. The fourth-order valence-electron chi connectivity index (χ4n) is 3.20. The zero-order valence-corrected chi connectivity index (χ0v) is 10.9. The van der Waals surface area contributed by atoms with Crippen molar-refractivity contribution in [2.45, 2.75) is 45.2 Å². The standard InChI is InChI=1S/C13H24N2O2/c1-3-14-12(13(16)17-4-2)9-15-8-10-5-6-11(15)7-10/h10-12,14H,3-9H2,1-2H3. The Bertz CT molecular complexity index is 270. The maximum absolute atomic E-state index is 11.8. The van der Waals surface area contributed by atoms with E-state index < -0.39 is 0 Å². The number of piperidine rings is 1. The first-order valence-electron chi connectivity index (χ1n) is 6.88. The predicted octanol–water partition coefficient (Wildman–Crippen LogP) is 1.01. The van der Waals surface area contributed by atoms with Gasteiger partial charge in [-0.25, -0.2) is 0 Å². The van der Waals surface area contributed by atoms with Crippen LogP contribution >= 0.6 is 0 Å². The lowest BCUT2D eigenvalue weighted by atomic mass is 10.1. The maximum atomic E-state index is 11.8. The number of hydrogen-bond acceptors (Lipinski definition) is 4. The van der Waals surface area contributed by atoms with Gasteiger partial charge in [0.05, 0.1) is 6.61 Å². The molecule has 2 rings (SSSR count). The minimum atomic E-state index is -0.153. The van der Waals surface area contributed by atoms with Gasteiger partial charge in [0.15, 0.2) is 0 Å². The highest BCUT2D eigenvalue weighted by molar-refractivity contribution is 5.76. The molecule has 2 bridgehead atoms. The molecule has 17 heavy (non-hydrogen) atoms. The van der Waals surface area contributed by atoms with Crippen LogP contribution in [-0.2, 0) is 9.53 Å². The van der Waals surface area contributed by atoms with E-state index in [-0.39, 0.29) is 12.0 Å². The highest BCUT2D eigenvalue weighted by Gasteiger charge is 2.39. The summed E-state index contributed by atoms with van der Waals surface area (Å²) in [5.74, 6) is 0.779. The summed E-state index contributed by atoms with van der Waals surface area (Å²) in [7, 11) is 0. The number of rotatable bonds is 6. The van der Waals surface area contributed by atoms with Crippen molar-refractivity contribution in [3.05, 3.63) is 0 Å². The normalized spacial score (nSPS) is 29.5. The molecule has 1 aliphatic heterocycles. The molecule has 1 saturated heterocycles. The molecule has 4 heteroatoms. The molecule has 3 atom stereocenters. The van der Waals surface area contributed by atoms with Crippen LogP contribution in [0, 0.1) is 5.92 Å². The number of carbonyl (C=O) groups excluding carboxylic acids is 1. The van der Waals surface area contributed by atoms with E-state index in [1.807, 2.05) is 13.8 Å². The molecule has 0 aromatic rings. The molecule has 2 fully saturated rings. The zero-order valence-electron chi connectivity index (χ0n) is 10.9. The molecule has 4 nitrogen and oxygen atoms in total. The number of likely N-dealkylation sites (tertiary alicyclic amines) is 1. The number of esters is 1. The van der Waals surface area contributed by atoms with Crippen molar-refractivity contribution < 1.29 is 9.53 Å². The van der Waals surface area contributed by atoms with E-state index in [1.54, 1.807) is 0 Å². The fraction of sp³-hybridized carbons (Fsp3) is 0.923. The van der Waals surface area contributed by atoms with Gasteiger partial charge in [0, 0.05) is 19.1 Å². The topological polar surface area (TPSA) is 41.6 Å². The van der Waals surface area contributed by atoms with E-state index in [1.165, 1.54) is 25.8 Å². The van der Waals surface area contributed by atoms with E-state index in [2.05, 4.69) is 10.2 Å². The van der Waals surface area contributed by atoms with Crippen molar-refractivity contribution in [1.29, 1.82) is 0 Å². The van der Waals surface area contributed by atoms with Crippen molar-refractivity contribution in [2.24, 2.45) is 5.92 Å². The smallest absolute Gasteiger partial charge is 0.324 e. The summed E-state index contributed by atoms with van der Waals surface area (Å²) in [4.78, 5) is 14.3. The van der Waals surface area contributed by atoms with Crippen LogP contribution in [-0.4, -0.2) is 49.2 Å². The summed E-state index contributed by atoms with van der Waals surface area (Å²) in [6.07, 6.45) is 4.03. The minimum Gasteiger partial charge on any atom is -0.465 e. The van der Waals surface area contributed by atoms with E-state index in [9.17, 15) is 4.79 Å². The molecule has 98 valence electrons. The molecule has 0 amide bonds. The summed E-state index contributed by atoms with van der Waals surface area (Å²) >= 11 is 0. The Balaban J connectivity index is 1.86. The molecule has 0 radical (unpaired) electrons. The minimum absolute atomic E-state index is 0.0999. The Morgan fingerprint density at radius 2 is 2.29 bits per heavy atom. The van der Waals surface area contributed by atoms with Gasteiger partial charge in [-0.05, 0) is 38.6 Å². The molecular weight excluding hydrogens is 216 g/mol. The highest BCUT2D eigenvalue weighted by atomic mass is 16.5. The molecule has 0 aromatic heterocycles. The third kappa shape index (κ3) is 2.99. The van der Waals surface area contributed by atoms with Crippen LogP contribution in [0.1, 0.15) is 33.1 Å². The van der Waals surface area contributed by atoms with Gasteiger partial charge in [0.25, 0.3) is 0 Å². The van der Waals surface area contributed by atoms with Gasteiger partial charge in [-0.3, -0.25) is 9.69 Å². The number of ether oxygens (including phenoxy) is 1. The SMILES string of the molecule is CCNC(CN1CC2CCC1C2)C(=O)OCC. The Hall–Kier alpha value is -0.610. The van der Waals surface area contributed by atoms with Gasteiger partial charge in [-0.1, -0.05) is 6.92 Å². The first-order valence-corrected chi connectivity index (χ1v) is 6.88. The average molecular weight is 240 g/mol. The second-order valence-corrected chi connectivity index (χ2v) is 5.15. The van der Waals surface area contributed by atoms with Crippen molar-refractivity contribution in [1.82, 2.24) is 10.2 Å². The van der Waals surface area contributed by atoms with E-state index in [0.29, 0.717) is 6.61 Å². The van der Waals surface area contributed by atoms with E-state index in [4.69, 9.17) is 4.74 Å². The lowest BCUT2D eigenvalue weighted by Gasteiger charge is -2.30. The number of carbonyl (C=O) groups is 1. The first kappa shape index (κ1) is 12.8. The number of nitrogens with zero attached hydrogens (tertiary/aromatic N) is 1. The largest absolute Gasteiger partial charge is 0.465 e. The molecule has 1 aliphatic carbocycles. The Morgan fingerprint density at radius 3 is 2.82 bits per heavy atom. The van der Waals surface area contributed by atoms with E-state index in [0.717, 1.165) is 25.0 Å². The highest BCUT2D eigenvalue weighted by Crippen LogP contribution is 2.37. The zero-order chi connectivity index (χ0) is 12.3. The lowest BCUT2D eigenvalue weighted by molar-refractivity contribution is -0.146. The predicted molar refractivity (Wildman–Crippen MR) is 66.8 cm³/mol. The quantitative estimate of drug-likeness (QED) is 0.704. The molecule has 2 aliphatic rings. The van der Waals surface area contributed by atoms with Gasteiger partial charge in [-0.2, -0.15) is 0 Å². The summed E-state index contributed by atoms with van der Waals surface area (Å²) in [5.41, 5.74) is 0. The summed E-state index contributed by atoms with van der Waals surface area (Å²) in [6, 6.07) is 0.565. The monoisotopic (exact) mass is 240 g/mol. The van der Waals surface area contributed by atoms with Crippen LogP contribution in [0.15, 0.2) is 0 Å². The summed E-state index contributed by atoms with van der Waals surface area (Å²) in [5, 5.41) is 3.24. The van der Waals surface area contributed by atoms with Crippen molar-refractivity contribution >= 4 is 5.97 Å². The third-order valence-electron chi connectivity index (χ3n) is 3.96. The fourth-order valence-corrected chi connectivity index (χ4v) is 3.20. The van der Waals surface area contributed by atoms with Crippen molar-refractivity contribution in [2.75, 3.05) is 26.2 Å². The third-order valence-corrected chi connectivity index (χ3v) is 3.96.